The van der Waals surface area contributed by atoms with Crippen LogP contribution in [-0.4, -0.2) is 12.5 Å². The fraction of sp³-hybridized carbons (Fsp3) is 0.800. The van der Waals surface area contributed by atoms with Crippen LogP contribution in [0.5, 0.6) is 0 Å². The van der Waals surface area contributed by atoms with Gasteiger partial charge < -0.3 is 5.32 Å². The second kappa shape index (κ2) is 9.26. The van der Waals surface area contributed by atoms with Gasteiger partial charge in [0.15, 0.2) is 0 Å². The fourth-order valence-electron chi connectivity index (χ4n) is 1.56. The van der Waals surface area contributed by atoms with Gasteiger partial charge in [0.05, 0.1) is 0 Å². The van der Waals surface area contributed by atoms with Crippen molar-refractivity contribution in [2.45, 2.75) is 66.2 Å². The predicted molar refractivity (Wildman–Crippen MR) is 75.0 cm³/mol. The summed E-state index contributed by atoms with van der Waals surface area (Å²) < 4.78 is 0. The zero-order valence-corrected chi connectivity index (χ0v) is 12.0. The van der Waals surface area contributed by atoms with Gasteiger partial charge >= 0.3 is 0 Å². The topological polar surface area (TPSA) is 29.1 Å². The molecule has 0 aromatic heterocycles. The quantitative estimate of drug-likeness (QED) is 0.502. The number of carbonyl (C=O) groups is 1. The van der Waals surface area contributed by atoms with Crippen LogP contribution in [0.1, 0.15) is 66.2 Å². The van der Waals surface area contributed by atoms with Crippen molar-refractivity contribution < 1.29 is 4.79 Å². The summed E-state index contributed by atoms with van der Waals surface area (Å²) in [6, 6.07) is 0. The first-order valence-electron chi connectivity index (χ1n) is 6.90. The first kappa shape index (κ1) is 16.2. The molecule has 0 aromatic rings. The Morgan fingerprint density at radius 1 is 1.12 bits per heavy atom. The lowest BCUT2D eigenvalue weighted by Crippen LogP contribution is -2.23. The molecule has 0 radical (unpaired) electrons. The number of nitrogens with one attached hydrogen (secondary N) is 1. The standard InChI is InChI=1S/C15H29NO/c1-5-6-7-8-9-11-14(17)16-13-10-12-15(2,3)4/h10,12H,5-9,11,13H2,1-4H3,(H,16,17)/b12-10+. The molecule has 0 aliphatic heterocycles. The number of hydrogen-bond acceptors (Lipinski definition) is 1. The van der Waals surface area contributed by atoms with E-state index < -0.39 is 0 Å². The highest BCUT2D eigenvalue weighted by Crippen LogP contribution is 2.13. The van der Waals surface area contributed by atoms with Gasteiger partial charge in [-0.1, -0.05) is 65.5 Å². The van der Waals surface area contributed by atoms with E-state index in [1.807, 2.05) is 6.08 Å². The summed E-state index contributed by atoms with van der Waals surface area (Å²) in [5, 5.41) is 2.92. The molecule has 17 heavy (non-hydrogen) atoms. The van der Waals surface area contributed by atoms with Crippen LogP contribution in [0.15, 0.2) is 12.2 Å². The number of amides is 1. The number of unbranched alkanes of at least 4 members (excludes halogenated alkanes) is 4. The lowest BCUT2D eigenvalue weighted by Gasteiger charge is -2.11. The number of rotatable bonds is 8. The molecule has 100 valence electrons. The molecule has 2 nitrogen and oxygen atoms in total. The Balaban J connectivity index is 3.44. The third-order valence-corrected chi connectivity index (χ3v) is 2.54. The molecule has 1 amide bonds. The van der Waals surface area contributed by atoms with E-state index in [0.717, 1.165) is 6.42 Å². The molecule has 0 fully saturated rings. The van der Waals surface area contributed by atoms with Gasteiger partial charge in [0.1, 0.15) is 0 Å². The maximum Gasteiger partial charge on any atom is 0.220 e. The van der Waals surface area contributed by atoms with Gasteiger partial charge in [0, 0.05) is 13.0 Å². The summed E-state index contributed by atoms with van der Waals surface area (Å²) in [4.78, 5) is 11.5. The minimum atomic E-state index is 0.181. The third kappa shape index (κ3) is 13.1. The summed E-state index contributed by atoms with van der Waals surface area (Å²) in [6.45, 7) is 9.32. The molecule has 0 aliphatic rings. The van der Waals surface area contributed by atoms with Crippen LogP contribution < -0.4 is 5.32 Å². The molecule has 0 bridgehead atoms. The van der Waals surface area contributed by atoms with Gasteiger partial charge in [-0.3, -0.25) is 4.79 Å². The zero-order chi connectivity index (χ0) is 13.1. The Morgan fingerprint density at radius 2 is 1.76 bits per heavy atom. The second-order valence-corrected chi connectivity index (χ2v) is 5.74. The van der Waals surface area contributed by atoms with Crippen molar-refractivity contribution in [3.8, 4) is 0 Å². The van der Waals surface area contributed by atoms with E-state index in [1.165, 1.54) is 25.7 Å². The summed E-state index contributed by atoms with van der Waals surface area (Å²) in [5.74, 6) is 0.181. The summed E-state index contributed by atoms with van der Waals surface area (Å²) in [6.07, 6.45) is 10.8. The van der Waals surface area contributed by atoms with Crippen LogP contribution >= 0.6 is 0 Å². The molecule has 0 atom stereocenters. The SMILES string of the molecule is CCCCCCCC(=O)NC/C=C/C(C)(C)C. The minimum Gasteiger partial charge on any atom is -0.353 e. The molecule has 1 N–H and O–H groups in total. The Bertz CT molecular complexity index is 226. The predicted octanol–water partition coefficient (Wildman–Crippen LogP) is 4.07. The Morgan fingerprint density at radius 3 is 2.35 bits per heavy atom. The largest absolute Gasteiger partial charge is 0.353 e. The first-order chi connectivity index (χ1) is 7.95. The highest BCUT2D eigenvalue weighted by molar-refractivity contribution is 5.75. The van der Waals surface area contributed by atoms with Crippen LogP contribution in [0, 0.1) is 5.41 Å². The van der Waals surface area contributed by atoms with Crippen molar-refractivity contribution in [1.29, 1.82) is 0 Å². The Labute approximate surface area is 107 Å². The van der Waals surface area contributed by atoms with E-state index in [2.05, 4.69) is 39.1 Å². The van der Waals surface area contributed by atoms with Gasteiger partial charge in [-0.05, 0) is 11.8 Å². The Kier molecular flexibility index (Phi) is 8.83. The van der Waals surface area contributed by atoms with Crippen LogP contribution in [0.4, 0.5) is 0 Å². The van der Waals surface area contributed by atoms with Crippen molar-refractivity contribution in [1.82, 2.24) is 5.32 Å². The Hall–Kier alpha value is -0.790. The van der Waals surface area contributed by atoms with Crippen LogP contribution in [0.2, 0.25) is 0 Å². The van der Waals surface area contributed by atoms with Gasteiger partial charge in [-0.15, -0.1) is 0 Å². The maximum absolute atomic E-state index is 11.5. The molecular formula is C15H29NO. The lowest BCUT2D eigenvalue weighted by atomic mass is 9.96. The van der Waals surface area contributed by atoms with Gasteiger partial charge in [-0.2, -0.15) is 0 Å². The van der Waals surface area contributed by atoms with Crippen molar-refractivity contribution in [3.05, 3.63) is 12.2 Å². The summed E-state index contributed by atoms with van der Waals surface area (Å²) >= 11 is 0. The second-order valence-electron chi connectivity index (χ2n) is 5.74. The smallest absolute Gasteiger partial charge is 0.220 e. The lowest BCUT2D eigenvalue weighted by molar-refractivity contribution is -0.121. The van der Waals surface area contributed by atoms with Crippen LogP contribution in [-0.2, 0) is 4.79 Å². The van der Waals surface area contributed by atoms with Gasteiger partial charge in [-0.25, -0.2) is 0 Å². The molecule has 0 aromatic carbocycles. The van der Waals surface area contributed by atoms with E-state index in [1.54, 1.807) is 0 Å². The molecule has 0 saturated carbocycles. The van der Waals surface area contributed by atoms with Gasteiger partial charge in [0.2, 0.25) is 5.91 Å². The minimum absolute atomic E-state index is 0.181. The van der Waals surface area contributed by atoms with Crippen molar-refractivity contribution in [2.24, 2.45) is 5.41 Å². The molecular weight excluding hydrogens is 210 g/mol. The highest BCUT2D eigenvalue weighted by atomic mass is 16.1. The van der Waals surface area contributed by atoms with E-state index in [0.29, 0.717) is 13.0 Å². The van der Waals surface area contributed by atoms with E-state index in [-0.39, 0.29) is 11.3 Å². The fourth-order valence-corrected chi connectivity index (χ4v) is 1.56. The molecule has 2 heteroatoms. The number of allylic oxidation sites excluding steroid dienone is 1. The first-order valence-corrected chi connectivity index (χ1v) is 6.90. The van der Waals surface area contributed by atoms with Crippen molar-refractivity contribution in [3.63, 3.8) is 0 Å². The number of hydrogen-bond donors (Lipinski definition) is 1. The molecule has 0 spiro atoms. The molecule has 0 rings (SSSR count). The zero-order valence-electron chi connectivity index (χ0n) is 12.0. The maximum atomic E-state index is 11.5. The average molecular weight is 239 g/mol. The highest BCUT2D eigenvalue weighted by Gasteiger charge is 2.03. The van der Waals surface area contributed by atoms with Crippen molar-refractivity contribution >= 4 is 5.91 Å². The monoisotopic (exact) mass is 239 g/mol. The summed E-state index contributed by atoms with van der Waals surface area (Å²) in [7, 11) is 0. The van der Waals surface area contributed by atoms with E-state index >= 15 is 0 Å². The van der Waals surface area contributed by atoms with E-state index in [9.17, 15) is 4.79 Å². The van der Waals surface area contributed by atoms with Crippen LogP contribution in [0.25, 0.3) is 0 Å². The molecule has 0 unspecified atom stereocenters. The normalized spacial score (nSPS) is 12.0. The average Bonchev–Trinajstić information content (AvgIpc) is 2.23. The van der Waals surface area contributed by atoms with Crippen LogP contribution in [0.3, 0.4) is 0 Å². The van der Waals surface area contributed by atoms with Gasteiger partial charge in [0.25, 0.3) is 0 Å². The van der Waals surface area contributed by atoms with Crippen molar-refractivity contribution in [2.75, 3.05) is 6.54 Å². The molecule has 0 saturated heterocycles. The third-order valence-electron chi connectivity index (χ3n) is 2.54. The number of carbonyl (C=O) groups excluding carboxylic acids is 1. The van der Waals surface area contributed by atoms with E-state index in [4.69, 9.17) is 0 Å². The molecule has 0 aliphatic carbocycles. The molecule has 0 heterocycles. The summed E-state index contributed by atoms with van der Waals surface area (Å²) in [5.41, 5.74) is 0.199.